The van der Waals surface area contributed by atoms with Crippen molar-refractivity contribution < 1.29 is 24.2 Å². The summed E-state index contributed by atoms with van der Waals surface area (Å²) in [5.41, 5.74) is 1.93. The van der Waals surface area contributed by atoms with Gasteiger partial charge in [0.15, 0.2) is 0 Å². The highest BCUT2D eigenvalue weighted by atomic mass is 16.5. The van der Waals surface area contributed by atoms with Gasteiger partial charge < -0.3 is 9.84 Å². The van der Waals surface area contributed by atoms with Crippen molar-refractivity contribution in [3.63, 3.8) is 0 Å². The molecule has 144 valence electrons. The third-order valence-electron chi connectivity index (χ3n) is 4.31. The lowest BCUT2D eigenvalue weighted by Gasteiger charge is -2.26. The lowest BCUT2D eigenvalue weighted by Crippen LogP contribution is -2.54. The molecular weight excluding hydrogens is 360 g/mol. The largest absolute Gasteiger partial charge is 0.507 e. The van der Waals surface area contributed by atoms with Crippen LogP contribution in [0.4, 0.5) is 10.5 Å². The monoisotopic (exact) mass is 380 g/mol. The Morgan fingerprint density at radius 3 is 2.43 bits per heavy atom. The lowest BCUT2D eigenvalue weighted by molar-refractivity contribution is -0.122. The number of phenols is 1. The third kappa shape index (κ3) is 3.59. The maximum absolute atomic E-state index is 12.9. The molecule has 2 aromatic carbocycles. The third-order valence-corrected chi connectivity index (χ3v) is 4.31. The molecule has 28 heavy (non-hydrogen) atoms. The quantitative estimate of drug-likeness (QED) is 0.628. The molecule has 4 amide bonds. The first kappa shape index (κ1) is 19.2. The summed E-state index contributed by atoms with van der Waals surface area (Å²) in [5.74, 6) is -0.833. The SMILES string of the molecule is CCOc1cccc(N2C(=O)NC(=O)/C(=C\c3cc(C)c(O)c(C)c3)C2=O)c1. The minimum atomic E-state index is -0.820. The van der Waals surface area contributed by atoms with Crippen LogP contribution in [0, 0.1) is 13.8 Å². The normalized spacial score (nSPS) is 15.8. The van der Waals surface area contributed by atoms with E-state index in [0.717, 1.165) is 4.90 Å². The van der Waals surface area contributed by atoms with E-state index in [1.165, 1.54) is 6.08 Å². The Balaban J connectivity index is 2.02. The fraction of sp³-hybridized carbons (Fsp3) is 0.190. The van der Waals surface area contributed by atoms with Crippen molar-refractivity contribution in [3.05, 3.63) is 58.7 Å². The van der Waals surface area contributed by atoms with Gasteiger partial charge in [-0.05, 0) is 67.8 Å². The molecule has 0 bridgehead atoms. The fourth-order valence-electron chi connectivity index (χ4n) is 3.01. The number of nitrogens with one attached hydrogen (secondary N) is 1. The van der Waals surface area contributed by atoms with Gasteiger partial charge in [0.05, 0.1) is 12.3 Å². The number of barbiturate groups is 1. The van der Waals surface area contributed by atoms with Crippen LogP contribution in [0.3, 0.4) is 0 Å². The number of rotatable bonds is 4. The zero-order valence-corrected chi connectivity index (χ0v) is 15.8. The molecule has 2 N–H and O–H groups in total. The highest BCUT2D eigenvalue weighted by molar-refractivity contribution is 6.39. The van der Waals surface area contributed by atoms with Gasteiger partial charge in [0, 0.05) is 6.07 Å². The van der Waals surface area contributed by atoms with E-state index in [2.05, 4.69) is 5.32 Å². The van der Waals surface area contributed by atoms with E-state index in [1.807, 2.05) is 6.92 Å². The molecule has 1 saturated heterocycles. The van der Waals surface area contributed by atoms with E-state index < -0.39 is 17.8 Å². The zero-order chi connectivity index (χ0) is 20.4. The summed E-state index contributed by atoms with van der Waals surface area (Å²) in [7, 11) is 0. The number of hydrogen-bond acceptors (Lipinski definition) is 5. The fourth-order valence-corrected chi connectivity index (χ4v) is 3.01. The van der Waals surface area contributed by atoms with E-state index in [4.69, 9.17) is 4.74 Å². The smallest absolute Gasteiger partial charge is 0.335 e. The molecule has 0 aromatic heterocycles. The molecule has 1 aliphatic rings. The summed E-state index contributed by atoms with van der Waals surface area (Å²) < 4.78 is 5.41. The summed E-state index contributed by atoms with van der Waals surface area (Å²) in [6, 6.07) is 9.01. The number of aryl methyl sites for hydroxylation is 2. The Kier molecular flexibility index (Phi) is 5.17. The first-order chi connectivity index (χ1) is 13.3. The van der Waals surface area contributed by atoms with Gasteiger partial charge in [0.1, 0.15) is 17.1 Å². The molecule has 1 fully saturated rings. The number of amides is 4. The molecule has 2 aromatic rings. The molecule has 3 rings (SSSR count). The second kappa shape index (κ2) is 7.56. The maximum atomic E-state index is 12.9. The predicted octanol–water partition coefficient (Wildman–Crippen LogP) is 3.07. The predicted molar refractivity (Wildman–Crippen MR) is 104 cm³/mol. The number of carbonyl (C=O) groups is 3. The Hall–Kier alpha value is -3.61. The number of carbonyl (C=O) groups excluding carboxylic acids is 3. The van der Waals surface area contributed by atoms with E-state index in [0.29, 0.717) is 34.7 Å². The number of nitrogens with zero attached hydrogens (tertiary/aromatic N) is 1. The van der Waals surface area contributed by atoms with Crippen LogP contribution in [0.5, 0.6) is 11.5 Å². The van der Waals surface area contributed by atoms with E-state index >= 15 is 0 Å². The van der Waals surface area contributed by atoms with Crippen LogP contribution in [0.1, 0.15) is 23.6 Å². The molecule has 1 aliphatic heterocycles. The van der Waals surface area contributed by atoms with Crippen LogP contribution >= 0.6 is 0 Å². The Morgan fingerprint density at radius 1 is 1.11 bits per heavy atom. The van der Waals surface area contributed by atoms with Crippen molar-refractivity contribution in [1.82, 2.24) is 5.32 Å². The van der Waals surface area contributed by atoms with Gasteiger partial charge in [0.2, 0.25) is 0 Å². The van der Waals surface area contributed by atoms with Crippen LogP contribution in [-0.2, 0) is 9.59 Å². The first-order valence-electron chi connectivity index (χ1n) is 8.76. The van der Waals surface area contributed by atoms with E-state index in [-0.39, 0.29) is 11.3 Å². The highest BCUT2D eigenvalue weighted by Gasteiger charge is 2.37. The summed E-state index contributed by atoms with van der Waals surface area (Å²) in [6.07, 6.45) is 1.41. The molecule has 0 unspecified atom stereocenters. The van der Waals surface area contributed by atoms with Gasteiger partial charge in [-0.2, -0.15) is 0 Å². The van der Waals surface area contributed by atoms with Crippen molar-refractivity contribution >= 4 is 29.6 Å². The van der Waals surface area contributed by atoms with Crippen LogP contribution in [-0.4, -0.2) is 29.6 Å². The molecule has 0 aliphatic carbocycles. The average molecular weight is 380 g/mol. The zero-order valence-electron chi connectivity index (χ0n) is 15.8. The number of aromatic hydroxyl groups is 1. The average Bonchev–Trinajstić information content (AvgIpc) is 2.63. The van der Waals surface area contributed by atoms with Crippen LogP contribution in [0.2, 0.25) is 0 Å². The molecule has 1 heterocycles. The van der Waals surface area contributed by atoms with Gasteiger partial charge in [0.25, 0.3) is 11.8 Å². The van der Waals surface area contributed by atoms with Gasteiger partial charge in [-0.25, -0.2) is 9.69 Å². The molecule has 0 atom stereocenters. The summed E-state index contributed by atoms with van der Waals surface area (Å²) in [6.45, 7) is 5.71. The number of ether oxygens (including phenoxy) is 1. The van der Waals surface area contributed by atoms with Gasteiger partial charge in [-0.1, -0.05) is 6.07 Å². The van der Waals surface area contributed by atoms with E-state index in [1.54, 1.807) is 50.2 Å². The molecule has 7 heteroatoms. The van der Waals surface area contributed by atoms with Crippen molar-refractivity contribution in [2.24, 2.45) is 0 Å². The minimum absolute atomic E-state index is 0.158. The van der Waals surface area contributed by atoms with Crippen molar-refractivity contribution in [1.29, 1.82) is 0 Å². The van der Waals surface area contributed by atoms with Crippen LogP contribution in [0.15, 0.2) is 42.0 Å². The number of hydrogen-bond donors (Lipinski definition) is 2. The van der Waals surface area contributed by atoms with Crippen LogP contribution < -0.4 is 15.0 Å². The number of imide groups is 2. The summed E-state index contributed by atoms with van der Waals surface area (Å²) in [4.78, 5) is 38.4. The second-order valence-corrected chi connectivity index (χ2v) is 6.39. The van der Waals surface area contributed by atoms with Crippen molar-refractivity contribution in [2.75, 3.05) is 11.5 Å². The Morgan fingerprint density at radius 2 is 1.79 bits per heavy atom. The summed E-state index contributed by atoms with van der Waals surface area (Å²) >= 11 is 0. The molecular formula is C21H20N2O5. The number of phenolic OH excluding ortho intramolecular Hbond substituents is 1. The Labute approximate surface area is 162 Å². The maximum Gasteiger partial charge on any atom is 0.335 e. The number of anilines is 1. The first-order valence-corrected chi connectivity index (χ1v) is 8.76. The number of urea groups is 1. The summed E-state index contributed by atoms with van der Waals surface area (Å²) in [5, 5.41) is 12.1. The van der Waals surface area contributed by atoms with Gasteiger partial charge in [-0.15, -0.1) is 0 Å². The topological polar surface area (TPSA) is 95.9 Å². The molecule has 0 radical (unpaired) electrons. The Bertz CT molecular complexity index is 987. The number of benzene rings is 2. The minimum Gasteiger partial charge on any atom is -0.507 e. The molecule has 7 nitrogen and oxygen atoms in total. The van der Waals surface area contributed by atoms with Gasteiger partial charge in [-0.3, -0.25) is 14.9 Å². The highest BCUT2D eigenvalue weighted by Crippen LogP contribution is 2.27. The lowest BCUT2D eigenvalue weighted by atomic mass is 10.0. The van der Waals surface area contributed by atoms with Gasteiger partial charge >= 0.3 is 6.03 Å². The molecule has 0 saturated carbocycles. The van der Waals surface area contributed by atoms with Crippen molar-refractivity contribution in [2.45, 2.75) is 20.8 Å². The van der Waals surface area contributed by atoms with Crippen molar-refractivity contribution in [3.8, 4) is 11.5 Å². The van der Waals surface area contributed by atoms with Crippen LogP contribution in [0.25, 0.3) is 6.08 Å². The molecule has 0 spiro atoms. The second-order valence-electron chi connectivity index (χ2n) is 6.39. The standard InChI is InChI=1S/C21H20N2O5/c1-4-28-16-7-5-6-15(11-16)23-20(26)17(19(25)22-21(23)27)10-14-8-12(2)18(24)13(3)9-14/h5-11,24H,4H2,1-3H3,(H,22,25,27)/b17-10+. The van der Waals surface area contributed by atoms with E-state index in [9.17, 15) is 19.5 Å².